The molecular formula is C12H21N3O. The highest BCUT2D eigenvalue weighted by Gasteiger charge is 2.09. The van der Waals surface area contributed by atoms with Crippen LogP contribution >= 0.6 is 0 Å². The standard InChI is InChI=1S/C12H21N3O/c16-10-11-9-13-12(14-11)5-4-8-15-6-2-1-3-7-15/h9,16H,1-8,10H2,(H,13,14). The van der Waals surface area contributed by atoms with Crippen molar-refractivity contribution in [1.82, 2.24) is 14.9 Å². The third-order valence-corrected chi connectivity index (χ3v) is 3.19. The number of rotatable bonds is 5. The Kier molecular flexibility index (Phi) is 4.36. The molecule has 4 heteroatoms. The van der Waals surface area contributed by atoms with Crippen LogP contribution in [0.3, 0.4) is 0 Å². The van der Waals surface area contributed by atoms with E-state index in [-0.39, 0.29) is 6.61 Å². The second-order valence-corrected chi connectivity index (χ2v) is 4.52. The lowest BCUT2D eigenvalue weighted by atomic mass is 10.1. The minimum atomic E-state index is 0.0547. The predicted molar refractivity (Wildman–Crippen MR) is 63.1 cm³/mol. The number of nitrogens with zero attached hydrogens (tertiary/aromatic N) is 2. The number of likely N-dealkylation sites (tertiary alicyclic amines) is 1. The molecule has 0 aliphatic carbocycles. The second-order valence-electron chi connectivity index (χ2n) is 4.52. The molecule has 0 spiro atoms. The first-order valence-electron chi connectivity index (χ1n) is 6.24. The van der Waals surface area contributed by atoms with Gasteiger partial charge in [-0.25, -0.2) is 4.98 Å². The number of nitrogens with one attached hydrogen (secondary N) is 1. The smallest absolute Gasteiger partial charge is 0.106 e. The van der Waals surface area contributed by atoms with Gasteiger partial charge in [-0.15, -0.1) is 0 Å². The molecule has 2 N–H and O–H groups in total. The summed E-state index contributed by atoms with van der Waals surface area (Å²) >= 11 is 0. The van der Waals surface area contributed by atoms with Crippen LogP contribution in [0.1, 0.15) is 37.2 Å². The Bertz CT molecular complexity index is 305. The van der Waals surface area contributed by atoms with Crippen molar-refractivity contribution in [3.8, 4) is 0 Å². The molecule has 2 heterocycles. The van der Waals surface area contributed by atoms with E-state index in [0.717, 1.165) is 24.4 Å². The van der Waals surface area contributed by atoms with Crippen LogP contribution in [0.25, 0.3) is 0 Å². The maximum absolute atomic E-state index is 8.90. The molecule has 0 amide bonds. The molecule has 0 unspecified atom stereocenters. The molecule has 1 saturated heterocycles. The molecular weight excluding hydrogens is 202 g/mol. The molecule has 90 valence electrons. The monoisotopic (exact) mass is 223 g/mol. The molecule has 1 aromatic heterocycles. The zero-order valence-electron chi connectivity index (χ0n) is 9.78. The lowest BCUT2D eigenvalue weighted by molar-refractivity contribution is 0.226. The van der Waals surface area contributed by atoms with E-state index in [4.69, 9.17) is 5.11 Å². The second kappa shape index (κ2) is 6.01. The topological polar surface area (TPSA) is 52.2 Å². The van der Waals surface area contributed by atoms with E-state index in [2.05, 4.69) is 14.9 Å². The Labute approximate surface area is 96.7 Å². The van der Waals surface area contributed by atoms with Gasteiger partial charge in [0.2, 0.25) is 0 Å². The fraction of sp³-hybridized carbons (Fsp3) is 0.750. The fourth-order valence-electron chi connectivity index (χ4n) is 2.27. The Balaban J connectivity index is 1.66. The van der Waals surface area contributed by atoms with Crippen LogP contribution in [0.2, 0.25) is 0 Å². The van der Waals surface area contributed by atoms with Gasteiger partial charge in [-0.1, -0.05) is 6.42 Å². The largest absolute Gasteiger partial charge is 0.390 e. The summed E-state index contributed by atoms with van der Waals surface area (Å²) in [5.74, 6) is 1.00. The molecule has 0 radical (unpaired) electrons. The number of hydrogen-bond donors (Lipinski definition) is 2. The van der Waals surface area contributed by atoms with Crippen molar-refractivity contribution in [3.05, 3.63) is 17.7 Å². The van der Waals surface area contributed by atoms with E-state index in [1.165, 1.54) is 38.9 Å². The van der Waals surface area contributed by atoms with Crippen molar-refractivity contribution in [2.24, 2.45) is 0 Å². The minimum absolute atomic E-state index is 0.0547. The van der Waals surface area contributed by atoms with Crippen molar-refractivity contribution in [2.45, 2.75) is 38.7 Å². The first kappa shape index (κ1) is 11.6. The van der Waals surface area contributed by atoms with E-state index >= 15 is 0 Å². The first-order chi connectivity index (χ1) is 7.88. The summed E-state index contributed by atoms with van der Waals surface area (Å²) in [6.07, 6.45) is 7.96. The quantitative estimate of drug-likeness (QED) is 0.791. The summed E-state index contributed by atoms with van der Waals surface area (Å²) < 4.78 is 0. The minimum Gasteiger partial charge on any atom is -0.390 e. The van der Waals surface area contributed by atoms with Gasteiger partial charge in [-0.2, -0.15) is 0 Å². The van der Waals surface area contributed by atoms with Gasteiger partial charge in [-0.05, 0) is 38.9 Å². The van der Waals surface area contributed by atoms with Gasteiger partial charge in [0.1, 0.15) is 5.82 Å². The third kappa shape index (κ3) is 3.32. The molecule has 1 aliphatic rings. The summed E-state index contributed by atoms with van der Waals surface area (Å²) in [6.45, 7) is 3.76. The van der Waals surface area contributed by atoms with Crippen molar-refractivity contribution in [3.63, 3.8) is 0 Å². The number of aliphatic hydroxyl groups is 1. The first-order valence-corrected chi connectivity index (χ1v) is 6.24. The van der Waals surface area contributed by atoms with Crippen LogP contribution in [0.15, 0.2) is 6.20 Å². The van der Waals surface area contributed by atoms with E-state index in [1.54, 1.807) is 6.20 Å². The van der Waals surface area contributed by atoms with Crippen LogP contribution in [0.4, 0.5) is 0 Å². The van der Waals surface area contributed by atoms with Crippen LogP contribution in [0.5, 0.6) is 0 Å². The SMILES string of the molecule is OCc1cnc(CCCN2CCCCC2)[nH]1. The summed E-state index contributed by atoms with van der Waals surface area (Å²) in [7, 11) is 0. The third-order valence-electron chi connectivity index (χ3n) is 3.19. The molecule has 4 nitrogen and oxygen atoms in total. The van der Waals surface area contributed by atoms with Gasteiger partial charge >= 0.3 is 0 Å². The average Bonchev–Trinajstić information content (AvgIpc) is 2.78. The number of imidazole rings is 1. The number of piperidine rings is 1. The van der Waals surface area contributed by atoms with Gasteiger partial charge in [0.25, 0.3) is 0 Å². The highest BCUT2D eigenvalue weighted by Crippen LogP contribution is 2.09. The summed E-state index contributed by atoms with van der Waals surface area (Å²) in [5, 5.41) is 8.90. The molecule has 1 aliphatic heterocycles. The highest BCUT2D eigenvalue weighted by atomic mass is 16.3. The maximum Gasteiger partial charge on any atom is 0.106 e. The van der Waals surface area contributed by atoms with Gasteiger partial charge in [0, 0.05) is 6.42 Å². The van der Waals surface area contributed by atoms with Crippen molar-refractivity contribution < 1.29 is 5.11 Å². The predicted octanol–water partition coefficient (Wildman–Crippen LogP) is 1.32. The number of aliphatic hydroxyl groups excluding tert-OH is 1. The number of H-pyrrole nitrogens is 1. The van der Waals surface area contributed by atoms with E-state index in [0.29, 0.717) is 0 Å². The number of aryl methyl sites for hydroxylation is 1. The van der Waals surface area contributed by atoms with E-state index in [1.807, 2.05) is 0 Å². The van der Waals surface area contributed by atoms with Crippen LogP contribution in [0, 0.1) is 0 Å². The molecule has 0 bridgehead atoms. The molecule has 1 aromatic rings. The lowest BCUT2D eigenvalue weighted by Gasteiger charge is -2.26. The van der Waals surface area contributed by atoms with Gasteiger partial charge in [0.05, 0.1) is 18.5 Å². The zero-order chi connectivity index (χ0) is 11.2. The molecule has 16 heavy (non-hydrogen) atoms. The van der Waals surface area contributed by atoms with Crippen LogP contribution in [-0.4, -0.2) is 39.6 Å². The fourth-order valence-corrected chi connectivity index (χ4v) is 2.27. The lowest BCUT2D eigenvalue weighted by Crippen LogP contribution is -2.30. The van der Waals surface area contributed by atoms with E-state index < -0.39 is 0 Å². The Hall–Kier alpha value is -0.870. The van der Waals surface area contributed by atoms with Crippen LogP contribution < -0.4 is 0 Å². The highest BCUT2D eigenvalue weighted by molar-refractivity contribution is 4.99. The molecule has 0 aromatic carbocycles. The Morgan fingerprint density at radius 2 is 2.12 bits per heavy atom. The van der Waals surface area contributed by atoms with Crippen molar-refractivity contribution in [1.29, 1.82) is 0 Å². The number of aromatic amines is 1. The zero-order valence-corrected chi connectivity index (χ0v) is 9.78. The number of aromatic nitrogens is 2. The summed E-state index contributed by atoms with van der Waals surface area (Å²) in [6, 6.07) is 0. The van der Waals surface area contributed by atoms with Crippen LogP contribution in [-0.2, 0) is 13.0 Å². The number of hydrogen-bond acceptors (Lipinski definition) is 3. The Morgan fingerprint density at radius 1 is 1.31 bits per heavy atom. The van der Waals surface area contributed by atoms with Crippen molar-refractivity contribution >= 4 is 0 Å². The van der Waals surface area contributed by atoms with Gasteiger partial charge < -0.3 is 15.0 Å². The molecule has 1 fully saturated rings. The normalized spacial score (nSPS) is 17.8. The Morgan fingerprint density at radius 3 is 2.81 bits per heavy atom. The van der Waals surface area contributed by atoms with E-state index in [9.17, 15) is 0 Å². The molecule has 0 saturated carbocycles. The molecule has 0 atom stereocenters. The van der Waals surface area contributed by atoms with Gasteiger partial charge in [-0.3, -0.25) is 0 Å². The summed E-state index contributed by atoms with van der Waals surface area (Å²) in [4.78, 5) is 9.90. The average molecular weight is 223 g/mol. The maximum atomic E-state index is 8.90. The molecule has 2 rings (SSSR count). The summed E-state index contributed by atoms with van der Waals surface area (Å²) in [5.41, 5.74) is 0.813. The van der Waals surface area contributed by atoms with Crippen molar-refractivity contribution in [2.75, 3.05) is 19.6 Å². The van der Waals surface area contributed by atoms with Gasteiger partial charge in [0.15, 0.2) is 0 Å².